The summed E-state index contributed by atoms with van der Waals surface area (Å²) in [6.07, 6.45) is 4.11. The molecule has 1 amide bonds. The van der Waals surface area contributed by atoms with Crippen molar-refractivity contribution in [2.45, 2.75) is 38.6 Å². The number of nitrogen functional groups attached to an aromatic ring is 1. The number of nitro groups is 1. The fraction of sp³-hybridized carbons (Fsp3) is 0.500. The number of nitro benzene ring substituents is 1. The monoisotopic (exact) mass is 311 g/mol. The average Bonchev–Trinajstić information content (AvgIpc) is 2.41. The minimum atomic E-state index is -0.638. The average molecular weight is 312 g/mol. The summed E-state index contributed by atoms with van der Waals surface area (Å²) in [5.74, 6) is 0.229. The van der Waals surface area contributed by atoms with Crippen molar-refractivity contribution in [1.82, 2.24) is 5.32 Å². The van der Waals surface area contributed by atoms with E-state index < -0.39 is 4.92 Å². The Kier molecular flexibility index (Phi) is 4.67. The van der Waals surface area contributed by atoms with Crippen molar-refractivity contribution in [2.24, 2.45) is 5.92 Å². The highest BCUT2D eigenvalue weighted by Gasteiger charge is 2.23. The van der Waals surface area contributed by atoms with Crippen molar-refractivity contribution >= 4 is 28.9 Å². The number of benzene rings is 1. The van der Waals surface area contributed by atoms with Gasteiger partial charge in [0, 0.05) is 17.7 Å². The molecule has 0 radical (unpaired) electrons. The molecule has 0 spiro atoms. The molecule has 0 heterocycles. The number of nitrogens with zero attached hydrogens (tertiary/aromatic N) is 1. The fourth-order valence-corrected chi connectivity index (χ4v) is 2.93. The van der Waals surface area contributed by atoms with Crippen molar-refractivity contribution in [3.63, 3.8) is 0 Å². The van der Waals surface area contributed by atoms with Gasteiger partial charge < -0.3 is 11.1 Å². The van der Waals surface area contributed by atoms with Gasteiger partial charge in [-0.25, -0.2) is 0 Å². The molecule has 2 rings (SSSR count). The molecule has 1 aliphatic carbocycles. The number of nitrogens with one attached hydrogen (secondary N) is 1. The highest BCUT2D eigenvalue weighted by molar-refractivity contribution is 6.34. The second-order valence-electron chi connectivity index (χ2n) is 5.59. The number of carbonyl (C=O) groups excluding carboxylic acids is 1. The second-order valence-corrected chi connectivity index (χ2v) is 6.00. The maximum atomic E-state index is 12.2. The summed E-state index contributed by atoms with van der Waals surface area (Å²) < 4.78 is 0. The van der Waals surface area contributed by atoms with Gasteiger partial charge in [-0.15, -0.1) is 0 Å². The maximum absolute atomic E-state index is 12.2. The van der Waals surface area contributed by atoms with E-state index in [4.69, 9.17) is 17.3 Å². The van der Waals surface area contributed by atoms with Crippen LogP contribution in [0.4, 0.5) is 11.4 Å². The van der Waals surface area contributed by atoms with Gasteiger partial charge in [-0.1, -0.05) is 31.4 Å². The summed E-state index contributed by atoms with van der Waals surface area (Å²) in [4.78, 5) is 22.5. The van der Waals surface area contributed by atoms with Crippen LogP contribution in [0.1, 0.15) is 43.0 Å². The van der Waals surface area contributed by atoms with E-state index >= 15 is 0 Å². The molecular weight excluding hydrogens is 294 g/mol. The van der Waals surface area contributed by atoms with Crippen LogP contribution in [0, 0.1) is 16.0 Å². The van der Waals surface area contributed by atoms with Gasteiger partial charge in [-0.3, -0.25) is 14.9 Å². The lowest BCUT2D eigenvalue weighted by Crippen LogP contribution is -2.38. The standard InChI is InChI=1S/C14H18ClN3O3/c1-8-3-2-4-10(5-8)17-14(19)9-6-11(15)13(16)12(7-9)18(20)21/h6-8,10H,2-5,16H2,1H3,(H,17,19). The lowest BCUT2D eigenvalue weighted by Gasteiger charge is -2.27. The van der Waals surface area contributed by atoms with Gasteiger partial charge in [-0.05, 0) is 24.8 Å². The first-order chi connectivity index (χ1) is 9.88. The van der Waals surface area contributed by atoms with Crippen LogP contribution in [0.25, 0.3) is 0 Å². The maximum Gasteiger partial charge on any atom is 0.294 e. The molecule has 1 saturated carbocycles. The number of anilines is 1. The predicted octanol–water partition coefficient (Wildman–Crippen LogP) is 3.14. The third-order valence-corrected chi connectivity index (χ3v) is 4.15. The Morgan fingerprint density at radius 3 is 2.81 bits per heavy atom. The van der Waals surface area contributed by atoms with Crippen LogP contribution < -0.4 is 11.1 Å². The normalized spacial score (nSPS) is 21.8. The molecule has 1 aliphatic rings. The summed E-state index contributed by atoms with van der Waals surface area (Å²) in [5.41, 5.74) is 5.25. The summed E-state index contributed by atoms with van der Waals surface area (Å²) in [6, 6.07) is 2.64. The molecule has 0 bridgehead atoms. The van der Waals surface area contributed by atoms with Crippen LogP contribution in [-0.2, 0) is 0 Å². The molecule has 6 nitrogen and oxygen atoms in total. The SMILES string of the molecule is CC1CCCC(NC(=O)c2cc(Cl)c(N)c([N+](=O)[O-])c2)C1. The Balaban J connectivity index is 2.17. The highest BCUT2D eigenvalue weighted by atomic mass is 35.5. The molecule has 7 heteroatoms. The van der Waals surface area contributed by atoms with E-state index in [-0.39, 0.29) is 33.9 Å². The van der Waals surface area contributed by atoms with Crippen LogP contribution >= 0.6 is 11.6 Å². The minimum Gasteiger partial charge on any atom is -0.392 e. The molecule has 0 aliphatic heterocycles. The number of rotatable bonds is 3. The van der Waals surface area contributed by atoms with E-state index in [1.54, 1.807) is 0 Å². The van der Waals surface area contributed by atoms with Gasteiger partial charge in [-0.2, -0.15) is 0 Å². The van der Waals surface area contributed by atoms with E-state index in [0.29, 0.717) is 5.92 Å². The third-order valence-electron chi connectivity index (χ3n) is 3.84. The van der Waals surface area contributed by atoms with Gasteiger partial charge in [0.15, 0.2) is 0 Å². The van der Waals surface area contributed by atoms with Crippen LogP contribution in [0.15, 0.2) is 12.1 Å². The Morgan fingerprint density at radius 2 is 2.19 bits per heavy atom. The summed E-state index contributed by atoms with van der Waals surface area (Å²) in [7, 11) is 0. The van der Waals surface area contributed by atoms with Crippen LogP contribution in [0.2, 0.25) is 5.02 Å². The number of hydrogen-bond donors (Lipinski definition) is 2. The van der Waals surface area contributed by atoms with Crippen molar-refractivity contribution in [1.29, 1.82) is 0 Å². The number of hydrogen-bond acceptors (Lipinski definition) is 4. The number of halogens is 1. The first kappa shape index (κ1) is 15.6. The van der Waals surface area contributed by atoms with Gasteiger partial charge >= 0.3 is 0 Å². The van der Waals surface area contributed by atoms with Gasteiger partial charge in [0.2, 0.25) is 0 Å². The summed E-state index contributed by atoms with van der Waals surface area (Å²) >= 11 is 5.86. The van der Waals surface area contributed by atoms with Crippen molar-refractivity contribution < 1.29 is 9.72 Å². The first-order valence-electron chi connectivity index (χ1n) is 6.92. The molecule has 0 saturated heterocycles. The van der Waals surface area contributed by atoms with Crippen molar-refractivity contribution in [2.75, 3.05) is 5.73 Å². The predicted molar refractivity (Wildman–Crippen MR) is 81.4 cm³/mol. The van der Waals surface area contributed by atoms with Crippen LogP contribution in [0.5, 0.6) is 0 Å². The highest BCUT2D eigenvalue weighted by Crippen LogP contribution is 2.31. The topological polar surface area (TPSA) is 98.3 Å². The zero-order chi connectivity index (χ0) is 15.6. The molecule has 2 atom stereocenters. The quantitative estimate of drug-likeness (QED) is 0.509. The molecular formula is C14H18ClN3O3. The Hall–Kier alpha value is -1.82. The van der Waals surface area contributed by atoms with Crippen LogP contribution in [0.3, 0.4) is 0 Å². The summed E-state index contributed by atoms with van der Waals surface area (Å²) in [6.45, 7) is 2.16. The van der Waals surface area contributed by atoms with Gasteiger partial charge in [0.05, 0.1) is 9.95 Å². The zero-order valence-corrected chi connectivity index (χ0v) is 12.5. The third kappa shape index (κ3) is 3.64. The molecule has 1 fully saturated rings. The smallest absolute Gasteiger partial charge is 0.294 e. The van der Waals surface area contributed by atoms with Crippen molar-refractivity contribution in [3.05, 3.63) is 32.8 Å². The molecule has 2 unspecified atom stereocenters. The zero-order valence-electron chi connectivity index (χ0n) is 11.8. The fourth-order valence-electron chi connectivity index (χ4n) is 2.72. The Labute approximate surface area is 127 Å². The lowest BCUT2D eigenvalue weighted by atomic mass is 9.87. The molecule has 3 N–H and O–H groups in total. The molecule has 1 aromatic rings. The number of nitrogens with two attached hydrogens (primary N) is 1. The van der Waals surface area contributed by atoms with Gasteiger partial charge in [0.1, 0.15) is 5.69 Å². The Bertz CT molecular complexity index is 577. The minimum absolute atomic E-state index is 0.0198. The van der Waals surface area contributed by atoms with E-state index in [9.17, 15) is 14.9 Å². The van der Waals surface area contributed by atoms with E-state index in [1.807, 2.05) is 0 Å². The number of amides is 1. The van der Waals surface area contributed by atoms with Crippen LogP contribution in [-0.4, -0.2) is 16.9 Å². The van der Waals surface area contributed by atoms with Gasteiger partial charge in [0.25, 0.3) is 11.6 Å². The summed E-state index contributed by atoms with van der Waals surface area (Å²) in [5, 5.41) is 13.9. The second kappa shape index (κ2) is 6.30. The molecule has 21 heavy (non-hydrogen) atoms. The first-order valence-corrected chi connectivity index (χ1v) is 7.30. The van der Waals surface area contributed by atoms with E-state index in [2.05, 4.69) is 12.2 Å². The van der Waals surface area contributed by atoms with E-state index in [1.165, 1.54) is 18.6 Å². The van der Waals surface area contributed by atoms with Crippen molar-refractivity contribution in [3.8, 4) is 0 Å². The largest absolute Gasteiger partial charge is 0.392 e. The molecule has 114 valence electrons. The lowest BCUT2D eigenvalue weighted by molar-refractivity contribution is -0.383. The van der Waals surface area contributed by atoms with E-state index in [0.717, 1.165) is 19.3 Å². The number of carbonyl (C=O) groups is 1. The molecule has 0 aromatic heterocycles. The Morgan fingerprint density at radius 1 is 1.48 bits per heavy atom. The molecule has 1 aromatic carbocycles.